The molecule has 0 aliphatic rings. The Balaban J connectivity index is 1.69. The van der Waals surface area contributed by atoms with E-state index in [9.17, 15) is 14.7 Å². The molecule has 3 rings (SSSR count). The van der Waals surface area contributed by atoms with E-state index in [1.807, 2.05) is 12.1 Å². The molecule has 1 N–H and O–H groups in total. The number of aromatic hydroxyl groups is 1. The molecule has 0 amide bonds. The number of methoxy groups -OCH3 is 1. The molecule has 35 heavy (non-hydrogen) atoms. The molecule has 5 nitrogen and oxygen atoms in total. The van der Waals surface area contributed by atoms with E-state index in [1.54, 1.807) is 54.6 Å². The van der Waals surface area contributed by atoms with Gasteiger partial charge in [-0.25, -0.2) is 4.79 Å². The number of phenols is 1. The molecular formula is C30H30O5. The first-order chi connectivity index (χ1) is 16.6. The summed E-state index contributed by atoms with van der Waals surface area (Å²) < 4.78 is 10.8. The minimum atomic E-state index is -0.459. The van der Waals surface area contributed by atoms with E-state index in [-0.39, 0.29) is 16.9 Å². The summed E-state index contributed by atoms with van der Waals surface area (Å²) in [5, 5.41) is 10.1. The van der Waals surface area contributed by atoms with Crippen LogP contribution in [0.1, 0.15) is 58.2 Å². The van der Waals surface area contributed by atoms with E-state index in [2.05, 4.69) is 27.4 Å². The van der Waals surface area contributed by atoms with Crippen LogP contribution in [0.25, 0.3) is 6.08 Å². The van der Waals surface area contributed by atoms with Gasteiger partial charge in [0.15, 0.2) is 5.78 Å². The molecule has 5 heteroatoms. The summed E-state index contributed by atoms with van der Waals surface area (Å²) in [6.07, 6.45) is 5.26. The Hall–Kier alpha value is -4.12. The van der Waals surface area contributed by atoms with E-state index in [1.165, 1.54) is 19.3 Å². The fraction of sp³-hybridized carbons (Fsp3) is 0.200. The molecular weight excluding hydrogens is 440 g/mol. The third kappa shape index (κ3) is 6.48. The Morgan fingerprint density at radius 1 is 0.971 bits per heavy atom. The molecule has 0 aliphatic heterocycles. The number of allylic oxidation sites excluding steroid dienone is 2. The molecule has 0 unspecified atom stereocenters. The molecule has 0 saturated carbocycles. The number of hydrogen-bond donors (Lipinski definition) is 1. The molecule has 0 aromatic heterocycles. The molecule has 0 aliphatic carbocycles. The predicted octanol–water partition coefficient (Wildman–Crippen LogP) is 6.54. The monoisotopic (exact) mass is 470 g/mol. The number of rotatable bonds is 8. The molecule has 0 heterocycles. The second-order valence-corrected chi connectivity index (χ2v) is 9.15. The van der Waals surface area contributed by atoms with Crippen molar-refractivity contribution in [3.8, 4) is 17.2 Å². The number of ketones is 1. The molecule has 0 saturated heterocycles. The predicted molar refractivity (Wildman–Crippen MR) is 138 cm³/mol. The van der Waals surface area contributed by atoms with Crippen molar-refractivity contribution in [2.75, 3.05) is 7.11 Å². The van der Waals surface area contributed by atoms with E-state index >= 15 is 0 Å². The van der Waals surface area contributed by atoms with Gasteiger partial charge in [0.2, 0.25) is 0 Å². The Labute approximate surface area is 206 Å². The Morgan fingerprint density at radius 2 is 1.60 bits per heavy atom. The molecule has 180 valence electrons. The molecule has 3 aromatic rings. The van der Waals surface area contributed by atoms with Crippen LogP contribution in [-0.4, -0.2) is 24.0 Å². The lowest BCUT2D eigenvalue weighted by Gasteiger charge is -2.18. The number of ether oxygens (including phenoxy) is 2. The highest BCUT2D eigenvalue weighted by molar-refractivity contribution is 6.07. The van der Waals surface area contributed by atoms with Gasteiger partial charge in [0.25, 0.3) is 0 Å². The van der Waals surface area contributed by atoms with E-state index in [4.69, 9.17) is 9.47 Å². The van der Waals surface area contributed by atoms with Gasteiger partial charge in [-0.3, -0.25) is 4.79 Å². The minimum Gasteiger partial charge on any atom is -0.508 e. The van der Waals surface area contributed by atoms with Gasteiger partial charge in [-0.05, 0) is 77.6 Å². The van der Waals surface area contributed by atoms with Crippen molar-refractivity contribution in [3.05, 3.63) is 107 Å². The SMILES string of the molecule is C=CCc1cc(C=CC(=O)c2ccc(OC(=O)c3ccc(C(C)(C)C)cc3)cc2)c(OC)cc1O. The van der Waals surface area contributed by atoms with Crippen molar-refractivity contribution >= 4 is 17.8 Å². The summed E-state index contributed by atoms with van der Waals surface area (Å²) >= 11 is 0. The fourth-order valence-electron chi connectivity index (χ4n) is 3.48. The summed E-state index contributed by atoms with van der Waals surface area (Å²) in [6, 6.07) is 17.0. The Morgan fingerprint density at radius 3 is 2.17 bits per heavy atom. The smallest absolute Gasteiger partial charge is 0.343 e. The van der Waals surface area contributed by atoms with Crippen molar-refractivity contribution in [1.82, 2.24) is 0 Å². The second-order valence-electron chi connectivity index (χ2n) is 9.15. The van der Waals surface area contributed by atoms with Crippen LogP contribution < -0.4 is 9.47 Å². The zero-order valence-electron chi connectivity index (χ0n) is 20.5. The summed E-state index contributed by atoms with van der Waals surface area (Å²) in [6.45, 7) is 10.0. The van der Waals surface area contributed by atoms with Crippen molar-refractivity contribution in [3.63, 3.8) is 0 Å². The third-order valence-corrected chi connectivity index (χ3v) is 5.55. The van der Waals surface area contributed by atoms with Gasteiger partial charge in [-0.15, -0.1) is 6.58 Å². The molecule has 0 bridgehead atoms. The number of hydrogen-bond acceptors (Lipinski definition) is 5. The van der Waals surface area contributed by atoms with Gasteiger partial charge in [0, 0.05) is 17.2 Å². The molecule has 0 spiro atoms. The van der Waals surface area contributed by atoms with E-state index in [0.717, 1.165) is 5.56 Å². The highest BCUT2D eigenvalue weighted by Gasteiger charge is 2.15. The zero-order chi connectivity index (χ0) is 25.6. The van der Waals surface area contributed by atoms with Crippen LogP contribution in [-0.2, 0) is 11.8 Å². The molecule has 0 radical (unpaired) electrons. The van der Waals surface area contributed by atoms with Crippen molar-refractivity contribution in [2.24, 2.45) is 0 Å². The zero-order valence-corrected chi connectivity index (χ0v) is 20.5. The van der Waals surface area contributed by atoms with Crippen LogP contribution in [0.2, 0.25) is 0 Å². The van der Waals surface area contributed by atoms with Crippen molar-refractivity contribution in [1.29, 1.82) is 0 Å². The first kappa shape index (κ1) is 25.5. The van der Waals surface area contributed by atoms with Crippen LogP contribution in [0.4, 0.5) is 0 Å². The van der Waals surface area contributed by atoms with Crippen molar-refractivity contribution in [2.45, 2.75) is 32.6 Å². The largest absolute Gasteiger partial charge is 0.508 e. The maximum atomic E-state index is 12.7. The number of carbonyl (C=O) groups excluding carboxylic acids is 2. The number of carbonyl (C=O) groups is 2. The standard InChI is InChI=1S/C30H30O5/c1-6-7-22-18-23(28(34-5)19-27(22)32)12-17-26(31)20-10-15-25(16-11-20)35-29(33)21-8-13-24(14-9-21)30(2,3)4/h6,8-19,32H,1,7H2,2-5H3. The molecule has 3 aromatic carbocycles. The van der Waals surface area contributed by atoms with Gasteiger partial charge >= 0.3 is 5.97 Å². The highest BCUT2D eigenvalue weighted by atomic mass is 16.5. The highest BCUT2D eigenvalue weighted by Crippen LogP contribution is 2.30. The van der Waals surface area contributed by atoms with Crippen LogP contribution >= 0.6 is 0 Å². The minimum absolute atomic E-state index is 0.000542. The lowest BCUT2D eigenvalue weighted by atomic mass is 9.87. The van der Waals surface area contributed by atoms with Crippen LogP contribution in [0.3, 0.4) is 0 Å². The quantitative estimate of drug-likeness (QED) is 0.133. The number of benzene rings is 3. The second kappa shape index (κ2) is 10.9. The first-order valence-electron chi connectivity index (χ1n) is 11.3. The fourth-order valence-corrected chi connectivity index (χ4v) is 3.48. The lowest BCUT2D eigenvalue weighted by molar-refractivity contribution is 0.0734. The van der Waals surface area contributed by atoms with Gasteiger partial charge in [-0.2, -0.15) is 0 Å². The normalized spacial score (nSPS) is 11.3. The Bertz CT molecular complexity index is 1240. The topological polar surface area (TPSA) is 72.8 Å². The lowest BCUT2D eigenvalue weighted by Crippen LogP contribution is -2.13. The van der Waals surface area contributed by atoms with Gasteiger partial charge in [-0.1, -0.05) is 39.0 Å². The van der Waals surface area contributed by atoms with E-state index < -0.39 is 5.97 Å². The summed E-state index contributed by atoms with van der Waals surface area (Å²) in [5.41, 5.74) is 3.39. The summed E-state index contributed by atoms with van der Waals surface area (Å²) in [5.74, 6) is 0.239. The van der Waals surface area contributed by atoms with Crippen LogP contribution in [0, 0.1) is 0 Å². The van der Waals surface area contributed by atoms with Gasteiger partial charge < -0.3 is 14.6 Å². The summed E-state index contributed by atoms with van der Waals surface area (Å²) in [7, 11) is 1.50. The van der Waals surface area contributed by atoms with E-state index in [0.29, 0.717) is 40.2 Å². The maximum Gasteiger partial charge on any atom is 0.343 e. The number of esters is 1. The Kier molecular flexibility index (Phi) is 7.92. The summed E-state index contributed by atoms with van der Waals surface area (Å²) in [4.78, 5) is 25.1. The average Bonchev–Trinajstić information content (AvgIpc) is 2.84. The van der Waals surface area contributed by atoms with Crippen LogP contribution in [0.15, 0.2) is 79.4 Å². The first-order valence-corrected chi connectivity index (χ1v) is 11.3. The maximum absolute atomic E-state index is 12.7. The third-order valence-electron chi connectivity index (χ3n) is 5.55. The van der Waals surface area contributed by atoms with Crippen molar-refractivity contribution < 1.29 is 24.2 Å². The molecule has 0 atom stereocenters. The molecule has 0 fully saturated rings. The average molecular weight is 471 g/mol. The van der Waals surface area contributed by atoms with Gasteiger partial charge in [0.05, 0.1) is 12.7 Å². The van der Waals surface area contributed by atoms with Crippen LogP contribution in [0.5, 0.6) is 17.2 Å². The number of phenolic OH excluding ortho intramolecular Hbond substituents is 1. The van der Waals surface area contributed by atoms with Gasteiger partial charge in [0.1, 0.15) is 17.2 Å².